The van der Waals surface area contributed by atoms with Gasteiger partial charge in [-0.2, -0.15) is 0 Å². The molecule has 23 heavy (non-hydrogen) atoms. The van der Waals surface area contributed by atoms with Crippen LogP contribution < -0.4 is 0 Å². The average molecular weight is 339 g/mol. The van der Waals surface area contributed by atoms with Crippen LogP contribution in [0.1, 0.15) is 66.1 Å². The van der Waals surface area contributed by atoms with E-state index >= 15 is 0 Å². The predicted octanol–water partition coefficient (Wildman–Crippen LogP) is 4.67. The Kier molecular flexibility index (Phi) is 10.3. The molecule has 1 rings (SSSR count). The molecule has 128 valence electrons. The fourth-order valence-electron chi connectivity index (χ4n) is 2.92. The van der Waals surface area contributed by atoms with Crippen LogP contribution in [0.25, 0.3) is 0 Å². The van der Waals surface area contributed by atoms with Crippen molar-refractivity contribution in [1.82, 2.24) is 0 Å². The highest BCUT2D eigenvalue weighted by Crippen LogP contribution is 2.20. The topological polar surface area (TPSA) is 71.4 Å². The van der Waals surface area contributed by atoms with E-state index in [0.29, 0.717) is 19.3 Å². The molecule has 5 heteroatoms. The zero-order chi connectivity index (χ0) is 18.0. The van der Waals surface area contributed by atoms with Crippen LogP contribution in [0.2, 0.25) is 0 Å². The molecule has 0 bridgehead atoms. The molecule has 0 aromatic heterocycles. The summed E-state index contributed by atoms with van der Waals surface area (Å²) >= 11 is 0. The van der Waals surface area contributed by atoms with Gasteiger partial charge in [0.1, 0.15) is 0 Å². The lowest BCUT2D eigenvalue weighted by Crippen LogP contribution is -2.12. The summed E-state index contributed by atoms with van der Waals surface area (Å²) in [7, 11) is 1.17. The number of unbranched alkanes of at least 4 members (excludes halogenated alkanes) is 1. The van der Waals surface area contributed by atoms with Gasteiger partial charge in [0, 0.05) is 12.0 Å². The number of carboxylic acid groups (broad SMARTS) is 1. The van der Waals surface area contributed by atoms with Gasteiger partial charge < -0.3 is 5.11 Å². The first kappa shape index (κ1) is 21.5. The van der Waals surface area contributed by atoms with E-state index in [0.717, 1.165) is 29.5 Å². The lowest BCUT2D eigenvalue weighted by atomic mass is 9.93. The van der Waals surface area contributed by atoms with Gasteiger partial charge >= 0.3 is 15.1 Å². The fourth-order valence-corrected chi connectivity index (χ4v) is 2.92. The molecular weight excluding hydrogens is 311 g/mol. The van der Waals surface area contributed by atoms with E-state index in [2.05, 4.69) is 0 Å². The Morgan fingerprint density at radius 3 is 2.04 bits per heavy atom. The molecule has 1 N–H and O–H groups in total. The molecule has 0 spiro atoms. The van der Waals surface area contributed by atoms with Crippen molar-refractivity contribution in [3.8, 4) is 0 Å². The van der Waals surface area contributed by atoms with E-state index in [1.807, 2.05) is 39.8 Å². The second-order valence-electron chi connectivity index (χ2n) is 5.89. The maximum Gasteiger partial charge on any atom is 0.310 e. The van der Waals surface area contributed by atoms with Crippen LogP contribution in [-0.2, 0) is 9.36 Å². The van der Waals surface area contributed by atoms with Crippen LogP contribution in [0, 0.1) is 26.7 Å². The third kappa shape index (κ3) is 7.04. The quantitative estimate of drug-likeness (QED) is 0.424. The first-order valence-corrected chi connectivity index (χ1v) is 8.41. The molecule has 0 saturated carbocycles. The van der Waals surface area contributed by atoms with E-state index in [9.17, 15) is 9.59 Å². The summed E-state index contributed by atoms with van der Waals surface area (Å²) in [5.74, 6) is -0.828. The molecule has 1 aromatic carbocycles. The van der Waals surface area contributed by atoms with E-state index < -0.39 is 5.97 Å². The number of rotatable bonds is 8. The molecule has 2 atom stereocenters. The fraction of sp³-hybridized carbons (Fsp3) is 0.556. The van der Waals surface area contributed by atoms with Gasteiger partial charge in [0.2, 0.25) is 0 Å². The van der Waals surface area contributed by atoms with E-state index in [-0.39, 0.29) is 11.7 Å². The Morgan fingerprint density at radius 1 is 1.09 bits per heavy atom. The number of aryl methyl sites for hydroxylation is 3. The third-order valence-corrected chi connectivity index (χ3v) is 4.00. The van der Waals surface area contributed by atoms with Gasteiger partial charge in [-0.05, 0) is 51.2 Å². The van der Waals surface area contributed by atoms with Crippen LogP contribution in [0.4, 0.5) is 0 Å². The molecule has 0 aliphatic carbocycles. The van der Waals surface area contributed by atoms with Gasteiger partial charge in [-0.1, -0.05) is 35.6 Å². The Hall–Kier alpha value is -1.54. The summed E-state index contributed by atoms with van der Waals surface area (Å²) in [5, 5.41) is 8.99. The molecule has 0 aliphatic heterocycles. The summed E-state index contributed by atoms with van der Waals surface area (Å²) in [6.07, 6.45) is 3.36. The predicted molar refractivity (Wildman–Crippen MR) is 95.3 cm³/mol. The second-order valence-corrected chi connectivity index (χ2v) is 5.89. The number of carbonyl (C=O) groups is 2. The van der Waals surface area contributed by atoms with Crippen molar-refractivity contribution < 1.29 is 19.3 Å². The molecule has 0 aliphatic rings. The zero-order valence-corrected chi connectivity index (χ0v) is 15.7. The maximum atomic E-state index is 12.3. The van der Waals surface area contributed by atoms with Crippen LogP contribution in [0.15, 0.2) is 12.1 Å². The van der Waals surface area contributed by atoms with Crippen LogP contribution in [-0.4, -0.2) is 16.9 Å². The molecule has 0 saturated heterocycles. The van der Waals surface area contributed by atoms with Crippen molar-refractivity contribution in [3.63, 3.8) is 0 Å². The first-order chi connectivity index (χ1) is 10.9. The lowest BCUT2D eigenvalue weighted by Gasteiger charge is -2.11. The standard InChI is InChI=1S/C18H26O3.H2OP/c1-5-15(18(20)21)8-6-7-9-16(19)17-13(3)10-12(2)11-14(17)4;1-2/h10-11,15H,5-9H2,1-4H3,(H,20,21);2H2/q;+1. The Morgan fingerprint density at radius 2 is 1.61 bits per heavy atom. The average Bonchev–Trinajstić information content (AvgIpc) is 2.47. The summed E-state index contributed by atoms with van der Waals surface area (Å²) in [6.45, 7) is 7.88. The number of hydrogen-bond acceptors (Lipinski definition) is 3. The van der Waals surface area contributed by atoms with Crippen molar-refractivity contribution in [2.75, 3.05) is 0 Å². The number of benzene rings is 1. The monoisotopic (exact) mass is 339 g/mol. The van der Waals surface area contributed by atoms with Crippen molar-refractivity contribution >= 4 is 20.9 Å². The number of hydrogen-bond donors (Lipinski definition) is 1. The number of aliphatic carboxylic acids is 1. The minimum atomic E-state index is -0.728. The lowest BCUT2D eigenvalue weighted by molar-refractivity contribution is -0.142. The molecule has 1 aromatic rings. The summed E-state index contributed by atoms with van der Waals surface area (Å²) in [4.78, 5) is 23.3. The van der Waals surface area contributed by atoms with Gasteiger partial charge in [-0.3, -0.25) is 9.59 Å². The molecule has 0 fully saturated rings. The maximum absolute atomic E-state index is 12.3. The number of Topliss-reactive ketones (excluding diaryl/α,β-unsaturated/α-hetero) is 1. The van der Waals surface area contributed by atoms with Gasteiger partial charge in [-0.25, -0.2) is 0 Å². The Balaban J connectivity index is 0.00000232. The van der Waals surface area contributed by atoms with E-state index in [4.69, 9.17) is 9.67 Å². The normalized spacial score (nSPS) is 11.3. The van der Waals surface area contributed by atoms with Crippen molar-refractivity contribution in [1.29, 1.82) is 0 Å². The minimum absolute atomic E-state index is 0.174. The molecule has 0 amide bonds. The van der Waals surface area contributed by atoms with Crippen LogP contribution in [0.3, 0.4) is 0 Å². The largest absolute Gasteiger partial charge is 0.481 e. The zero-order valence-electron chi connectivity index (χ0n) is 14.5. The van der Waals surface area contributed by atoms with Gasteiger partial charge in [0.25, 0.3) is 0 Å². The van der Waals surface area contributed by atoms with Crippen molar-refractivity contribution in [2.45, 2.75) is 59.8 Å². The van der Waals surface area contributed by atoms with Gasteiger partial charge in [-0.15, -0.1) is 0 Å². The van der Waals surface area contributed by atoms with Crippen molar-refractivity contribution in [3.05, 3.63) is 34.4 Å². The Bertz CT molecular complexity index is 517. The smallest absolute Gasteiger partial charge is 0.310 e. The molecule has 4 nitrogen and oxygen atoms in total. The number of carbonyl (C=O) groups excluding carboxylic acids is 1. The molecular formula is C18H28O4P+. The highest BCUT2D eigenvalue weighted by Gasteiger charge is 2.16. The summed E-state index contributed by atoms with van der Waals surface area (Å²) < 4.78 is 8.17. The highest BCUT2D eigenvalue weighted by molar-refractivity contribution is 7.00. The number of carboxylic acids is 1. The minimum Gasteiger partial charge on any atom is -0.481 e. The first-order valence-electron chi connectivity index (χ1n) is 7.94. The van der Waals surface area contributed by atoms with Crippen LogP contribution >= 0.6 is 9.12 Å². The Labute approximate surface area is 140 Å². The van der Waals surface area contributed by atoms with Crippen LogP contribution in [0.5, 0.6) is 0 Å². The number of ketones is 1. The van der Waals surface area contributed by atoms with E-state index in [1.165, 1.54) is 14.7 Å². The summed E-state index contributed by atoms with van der Waals surface area (Å²) in [5.41, 5.74) is 4.09. The molecule has 0 radical (unpaired) electrons. The summed E-state index contributed by atoms with van der Waals surface area (Å²) in [6, 6.07) is 4.08. The van der Waals surface area contributed by atoms with Gasteiger partial charge in [0.15, 0.2) is 5.78 Å². The highest BCUT2D eigenvalue weighted by atomic mass is 31.0. The second kappa shape index (κ2) is 11.1. The molecule has 2 unspecified atom stereocenters. The third-order valence-electron chi connectivity index (χ3n) is 4.00. The van der Waals surface area contributed by atoms with Gasteiger partial charge in [0.05, 0.1) is 5.92 Å². The molecule has 0 heterocycles. The van der Waals surface area contributed by atoms with E-state index in [1.54, 1.807) is 0 Å². The SMILES string of the molecule is CCC(CCCCC(=O)c1c(C)cc(C)cc1C)C(=O)O.O=[PH2+]. The van der Waals surface area contributed by atoms with Crippen molar-refractivity contribution in [2.24, 2.45) is 5.92 Å².